The maximum absolute atomic E-state index is 5.82. The van der Waals surface area contributed by atoms with Crippen LogP contribution in [0, 0.1) is 13.8 Å². The van der Waals surface area contributed by atoms with Crippen LogP contribution in [0.4, 0.5) is 0 Å². The number of hydrogen-bond acceptors (Lipinski definition) is 6. The first-order valence-electron chi connectivity index (χ1n) is 9.41. The zero-order valence-corrected chi connectivity index (χ0v) is 16.9. The van der Waals surface area contributed by atoms with Crippen molar-refractivity contribution in [2.24, 2.45) is 0 Å². The zero-order chi connectivity index (χ0) is 20.4. The molecule has 146 valence electrons. The Morgan fingerprint density at radius 3 is 2.10 bits per heavy atom. The average molecular weight is 386 g/mol. The van der Waals surface area contributed by atoms with Gasteiger partial charge in [-0.05, 0) is 43.2 Å². The molecule has 0 amide bonds. The van der Waals surface area contributed by atoms with Crippen molar-refractivity contribution in [2.75, 3.05) is 0 Å². The highest BCUT2D eigenvalue weighted by Gasteiger charge is 2.23. The lowest BCUT2D eigenvalue weighted by Crippen LogP contribution is -2.18. The van der Waals surface area contributed by atoms with Crippen LogP contribution in [0.15, 0.2) is 65.3 Å². The summed E-state index contributed by atoms with van der Waals surface area (Å²) in [6.45, 7) is 8.28. The first-order valence-corrected chi connectivity index (χ1v) is 9.41. The molecule has 0 atom stereocenters. The average Bonchev–Trinajstić information content (AvgIpc) is 3.15. The minimum Gasteiger partial charge on any atom is -0.424 e. The fourth-order valence-corrected chi connectivity index (χ4v) is 3.09. The lowest BCUT2D eigenvalue weighted by Gasteiger charge is -2.26. The van der Waals surface area contributed by atoms with Crippen LogP contribution in [0.2, 0.25) is 0 Å². The molecular weight excluding hydrogens is 364 g/mol. The highest BCUT2D eigenvalue weighted by molar-refractivity contribution is 5.46. The van der Waals surface area contributed by atoms with Crippen LogP contribution in [0.3, 0.4) is 0 Å². The Bertz CT molecular complexity index is 1120. The van der Waals surface area contributed by atoms with Crippen LogP contribution in [-0.4, -0.2) is 20.1 Å². The van der Waals surface area contributed by atoms with E-state index in [9.17, 15) is 0 Å². The van der Waals surface area contributed by atoms with Crippen LogP contribution in [0.5, 0.6) is 11.8 Å². The smallest absolute Gasteiger partial charge is 0.322 e. The lowest BCUT2D eigenvalue weighted by molar-refractivity contribution is 0.419. The molecular formula is C23H22N4O2. The molecule has 6 heteroatoms. The third-order valence-corrected chi connectivity index (χ3v) is 4.94. The van der Waals surface area contributed by atoms with Gasteiger partial charge in [0, 0.05) is 11.6 Å². The van der Waals surface area contributed by atoms with E-state index in [2.05, 4.69) is 77.3 Å². The predicted molar refractivity (Wildman–Crippen MR) is 110 cm³/mol. The minimum absolute atomic E-state index is 0.113. The third-order valence-electron chi connectivity index (χ3n) is 4.94. The van der Waals surface area contributed by atoms with E-state index in [0.29, 0.717) is 23.2 Å². The summed E-state index contributed by atoms with van der Waals surface area (Å²) in [5.41, 5.74) is 4.13. The Kier molecular flexibility index (Phi) is 4.84. The molecule has 0 spiro atoms. The van der Waals surface area contributed by atoms with Crippen LogP contribution >= 0.6 is 0 Å². The molecule has 2 heterocycles. The summed E-state index contributed by atoms with van der Waals surface area (Å²) in [6.07, 6.45) is 1.60. The van der Waals surface area contributed by atoms with Crippen molar-refractivity contribution in [1.29, 1.82) is 0 Å². The number of hydrogen-bond donors (Lipinski definition) is 0. The van der Waals surface area contributed by atoms with Crippen LogP contribution in [0.1, 0.15) is 36.4 Å². The maximum atomic E-state index is 5.82. The second-order valence-electron chi connectivity index (χ2n) is 7.49. The molecule has 4 aromatic rings. The van der Waals surface area contributed by atoms with E-state index in [-0.39, 0.29) is 11.4 Å². The van der Waals surface area contributed by atoms with Crippen molar-refractivity contribution in [2.45, 2.75) is 33.1 Å². The van der Waals surface area contributed by atoms with Crippen molar-refractivity contribution in [3.8, 4) is 23.3 Å². The van der Waals surface area contributed by atoms with Crippen molar-refractivity contribution in [3.63, 3.8) is 0 Å². The molecule has 0 saturated heterocycles. The van der Waals surface area contributed by atoms with Gasteiger partial charge in [0.15, 0.2) is 5.82 Å². The summed E-state index contributed by atoms with van der Waals surface area (Å²) in [7, 11) is 0. The molecule has 0 unspecified atom stereocenters. The molecule has 0 aliphatic rings. The molecule has 29 heavy (non-hydrogen) atoms. The predicted octanol–water partition coefficient (Wildman–Crippen LogP) is 5.26. The minimum atomic E-state index is -0.113. The lowest BCUT2D eigenvalue weighted by atomic mass is 9.78. The zero-order valence-electron chi connectivity index (χ0n) is 16.9. The van der Waals surface area contributed by atoms with Gasteiger partial charge < -0.3 is 9.26 Å². The highest BCUT2D eigenvalue weighted by Crippen LogP contribution is 2.33. The van der Waals surface area contributed by atoms with Gasteiger partial charge in [-0.15, -0.1) is 0 Å². The largest absolute Gasteiger partial charge is 0.424 e. The molecule has 4 rings (SSSR count). The van der Waals surface area contributed by atoms with Gasteiger partial charge in [-0.3, -0.25) is 0 Å². The molecule has 0 saturated carbocycles. The second-order valence-corrected chi connectivity index (χ2v) is 7.49. The van der Waals surface area contributed by atoms with E-state index in [1.54, 1.807) is 19.2 Å². The third kappa shape index (κ3) is 4.01. The maximum Gasteiger partial charge on any atom is 0.322 e. The van der Waals surface area contributed by atoms with E-state index in [4.69, 9.17) is 9.26 Å². The highest BCUT2D eigenvalue weighted by atomic mass is 16.5. The van der Waals surface area contributed by atoms with Crippen molar-refractivity contribution < 1.29 is 9.26 Å². The second kappa shape index (κ2) is 7.47. The quantitative estimate of drug-likeness (QED) is 0.466. The van der Waals surface area contributed by atoms with Crippen molar-refractivity contribution in [3.05, 3.63) is 83.3 Å². The van der Waals surface area contributed by atoms with Crippen LogP contribution in [0.25, 0.3) is 11.6 Å². The first-order chi connectivity index (χ1) is 13.9. The molecule has 0 aliphatic carbocycles. The monoisotopic (exact) mass is 386 g/mol. The Balaban J connectivity index is 1.53. The van der Waals surface area contributed by atoms with Crippen LogP contribution < -0.4 is 4.74 Å². The summed E-state index contributed by atoms with van der Waals surface area (Å²) in [4.78, 5) is 12.7. The van der Waals surface area contributed by atoms with Crippen molar-refractivity contribution >= 4 is 0 Å². The van der Waals surface area contributed by atoms with E-state index in [0.717, 1.165) is 0 Å². The van der Waals surface area contributed by atoms with Gasteiger partial charge in [-0.1, -0.05) is 61.0 Å². The number of aromatic nitrogens is 4. The van der Waals surface area contributed by atoms with E-state index in [1.165, 1.54) is 16.7 Å². The summed E-state index contributed by atoms with van der Waals surface area (Å²) in [6, 6.07) is 18.6. The summed E-state index contributed by atoms with van der Waals surface area (Å²) in [5, 5.41) is 3.78. The van der Waals surface area contributed by atoms with E-state index in [1.807, 2.05) is 12.1 Å². The summed E-state index contributed by atoms with van der Waals surface area (Å²) < 4.78 is 11.0. The van der Waals surface area contributed by atoms with E-state index >= 15 is 0 Å². The fraction of sp³-hybridized carbons (Fsp3) is 0.217. The van der Waals surface area contributed by atoms with Crippen molar-refractivity contribution in [1.82, 2.24) is 20.1 Å². The molecule has 0 radical (unpaired) electrons. The first kappa shape index (κ1) is 18.8. The number of ether oxygens (including phenoxy) is 1. The SMILES string of the molecule is Cc1ccc(C(C)(C)c2ccc(Oc3nccc(-c4nc(C)no4)n3)cc2)cc1. The summed E-state index contributed by atoms with van der Waals surface area (Å²) >= 11 is 0. The molecule has 0 bridgehead atoms. The van der Waals surface area contributed by atoms with Crippen LogP contribution in [-0.2, 0) is 5.41 Å². The molecule has 0 fully saturated rings. The van der Waals surface area contributed by atoms with Gasteiger partial charge in [-0.2, -0.15) is 9.97 Å². The Morgan fingerprint density at radius 1 is 0.828 bits per heavy atom. The normalized spacial score (nSPS) is 11.4. The number of benzene rings is 2. The topological polar surface area (TPSA) is 73.9 Å². The fourth-order valence-electron chi connectivity index (χ4n) is 3.09. The molecule has 0 aliphatic heterocycles. The van der Waals surface area contributed by atoms with Gasteiger partial charge in [0.1, 0.15) is 11.4 Å². The molecule has 2 aromatic heterocycles. The molecule has 0 N–H and O–H groups in total. The Morgan fingerprint density at radius 2 is 1.48 bits per heavy atom. The Hall–Kier alpha value is -3.54. The van der Waals surface area contributed by atoms with Gasteiger partial charge >= 0.3 is 6.01 Å². The Labute approximate surface area is 169 Å². The molecule has 2 aromatic carbocycles. The van der Waals surface area contributed by atoms with Gasteiger partial charge in [0.05, 0.1) is 0 Å². The van der Waals surface area contributed by atoms with E-state index < -0.39 is 0 Å². The summed E-state index contributed by atoms with van der Waals surface area (Å²) in [5.74, 6) is 1.55. The standard InChI is InChI=1S/C23H22N4O2/c1-15-5-7-17(8-6-15)23(3,4)18-9-11-19(12-10-18)28-22-24-14-13-20(26-22)21-25-16(2)27-29-21/h5-14H,1-4H3. The van der Waals surface area contributed by atoms with Gasteiger partial charge in [-0.25, -0.2) is 4.98 Å². The van der Waals surface area contributed by atoms with Gasteiger partial charge in [0.25, 0.3) is 5.89 Å². The van der Waals surface area contributed by atoms with Gasteiger partial charge in [0.2, 0.25) is 0 Å². The number of aryl methyl sites for hydroxylation is 2. The number of nitrogens with zero attached hydrogens (tertiary/aromatic N) is 4. The molecule has 6 nitrogen and oxygen atoms in total. The number of rotatable bonds is 5.